The van der Waals surface area contributed by atoms with Crippen molar-refractivity contribution in [3.05, 3.63) is 59.7 Å². The van der Waals surface area contributed by atoms with Crippen LogP contribution >= 0.6 is 0 Å². The molecule has 0 amide bonds. The Morgan fingerprint density at radius 2 is 1.10 bits per heavy atom. The Morgan fingerprint density at radius 1 is 0.724 bits per heavy atom. The summed E-state index contributed by atoms with van der Waals surface area (Å²) < 4.78 is 22.2. The number of rotatable bonds is 12. The lowest BCUT2D eigenvalue weighted by Gasteiger charge is -2.26. The standard InChI is InChI=1S/C25H32O4/c1-25(2,19-7-11-21(12-8-19)26-15-3-5-23-17-28-23)20-9-13-22(14-10-20)27-16-4-6-24-18-29-24/h7-14,23-24H,3-6,15-18H2,1-2H3. The number of ether oxygens (including phenoxy) is 4. The van der Waals surface area contributed by atoms with E-state index in [4.69, 9.17) is 18.9 Å². The van der Waals surface area contributed by atoms with E-state index < -0.39 is 0 Å². The molecule has 0 aromatic heterocycles. The van der Waals surface area contributed by atoms with Gasteiger partial charge in [0, 0.05) is 5.41 Å². The topological polar surface area (TPSA) is 43.5 Å². The zero-order valence-electron chi connectivity index (χ0n) is 17.6. The maximum absolute atomic E-state index is 5.86. The first kappa shape index (κ1) is 20.2. The molecule has 2 aromatic rings. The molecule has 156 valence electrons. The minimum Gasteiger partial charge on any atom is -0.494 e. The van der Waals surface area contributed by atoms with E-state index in [-0.39, 0.29) is 5.41 Å². The van der Waals surface area contributed by atoms with Crippen molar-refractivity contribution in [1.82, 2.24) is 0 Å². The van der Waals surface area contributed by atoms with Crippen LogP contribution in [0, 0.1) is 0 Å². The fourth-order valence-corrected chi connectivity index (χ4v) is 3.57. The highest BCUT2D eigenvalue weighted by molar-refractivity contribution is 5.41. The van der Waals surface area contributed by atoms with E-state index in [1.54, 1.807) is 0 Å². The van der Waals surface area contributed by atoms with Crippen molar-refractivity contribution in [3.63, 3.8) is 0 Å². The molecule has 4 nitrogen and oxygen atoms in total. The Bertz CT molecular complexity index is 693. The van der Waals surface area contributed by atoms with E-state index >= 15 is 0 Å². The normalized spacial score (nSPS) is 20.3. The van der Waals surface area contributed by atoms with Crippen LogP contribution in [0.15, 0.2) is 48.5 Å². The second kappa shape index (κ2) is 9.19. The lowest BCUT2D eigenvalue weighted by Crippen LogP contribution is -2.18. The first-order chi connectivity index (χ1) is 14.1. The molecule has 2 aliphatic rings. The summed E-state index contributed by atoms with van der Waals surface area (Å²) in [6.07, 6.45) is 5.24. The summed E-state index contributed by atoms with van der Waals surface area (Å²) in [5.41, 5.74) is 2.47. The maximum atomic E-state index is 5.86. The van der Waals surface area contributed by atoms with Crippen molar-refractivity contribution in [3.8, 4) is 11.5 Å². The molecule has 0 radical (unpaired) electrons. The third-order valence-electron chi connectivity index (χ3n) is 5.84. The minimum absolute atomic E-state index is 0.0797. The fourth-order valence-electron chi connectivity index (χ4n) is 3.57. The lowest BCUT2D eigenvalue weighted by atomic mass is 9.78. The molecule has 2 heterocycles. The van der Waals surface area contributed by atoms with Crippen molar-refractivity contribution < 1.29 is 18.9 Å². The van der Waals surface area contributed by atoms with E-state index in [1.165, 1.54) is 11.1 Å². The lowest BCUT2D eigenvalue weighted by molar-refractivity contribution is 0.293. The molecule has 2 unspecified atom stereocenters. The Morgan fingerprint density at radius 3 is 1.45 bits per heavy atom. The van der Waals surface area contributed by atoms with Crippen LogP contribution in [0.4, 0.5) is 0 Å². The van der Waals surface area contributed by atoms with Crippen LogP contribution in [0.2, 0.25) is 0 Å². The molecule has 0 N–H and O–H groups in total. The molecule has 0 bridgehead atoms. The summed E-state index contributed by atoms with van der Waals surface area (Å²) >= 11 is 0. The van der Waals surface area contributed by atoms with Gasteiger partial charge >= 0.3 is 0 Å². The molecule has 4 rings (SSSR count). The first-order valence-corrected chi connectivity index (χ1v) is 10.8. The number of benzene rings is 2. The summed E-state index contributed by atoms with van der Waals surface area (Å²) in [7, 11) is 0. The van der Waals surface area contributed by atoms with Gasteiger partial charge in [-0.25, -0.2) is 0 Å². The average Bonchev–Trinajstić information content (AvgIpc) is 3.65. The molecule has 2 aliphatic heterocycles. The smallest absolute Gasteiger partial charge is 0.119 e. The van der Waals surface area contributed by atoms with Crippen LogP contribution in [0.1, 0.15) is 50.7 Å². The molecule has 2 atom stereocenters. The van der Waals surface area contributed by atoms with Gasteiger partial charge in [-0.05, 0) is 61.1 Å². The Balaban J connectivity index is 1.27. The summed E-state index contributed by atoms with van der Waals surface area (Å²) in [4.78, 5) is 0. The summed E-state index contributed by atoms with van der Waals surface area (Å²) in [5, 5.41) is 0. The highest BCUT2D eigenvalue weighted by atomic mass is 16.6. The van der Waals surface area contributed by atoms with E-state index in [1.807, 2.05) is 0 Å². The summed E-state index contributed by atoms with van der Waals surface area (Å²) in [6, 6.07) is 17.0. The van der Waals surface area contributed by atoms with Crippen molar-refractivity contribution >= 4 is 0 Å². The first-order valence-electron chi connectivity index (χ1n) is 10.8. The quantitative estimate of drug-likeness (QED) is 0.369. The van der Waals surface area contributed by atoms with E-state index in [0.717, 1.165) is 63.6 Å². The van der Waals surface area contributed by atoms with Crippen LogP contribution in [0.3, 0.4) is 0 Å². The van der Waals surface area contributed by atoms with Gasteiger partial charge in [-0.3, -0.25) is 0 Å². The summed E-state index contributed by atoms with van der Waals surface area (Å²) in [5.74, 6) is 1.86. The van der Waals surface area contributed by atoms with E-state index in [0.29, 0.717) is 12.2 Å². The van der Waals surface area contributed by atoms with Crippen LogP contribution in [-0.4, -0.2) is 38.6 Å². The second-order valence-electron chi connectivity index (χ2n) is 8.57. The van der Waals surface area contributed by atoms with E-state index in [2.05, 4.69) is 62.4 Å². The number of hydrogen-bond acceptors (Lipinski definition) is 4. The highest BCUT2D eigenvalue weighted by Gasteiger charge is 2.24. The monoisotopic (exact) mass is 396 g/mol. The fraction of sp³-hybridized carbons (Fsp3) is 0.520. The van der Waals surface area contributed by atoms with Crippen molar-refractivity contribution in [2.75, 3.05) is 26.4 Å². The molecule has 0 saturated carbocycles. The largest absolute Gasteiger partial charge is 0.494 e. The zero-order valence-corrected chi connectivity index (χ0v) is 17.6. The Hall–Kier alpha value is -2.04. The molecule has 2 aromatic carbocycles. The van der Waals surface area contributed by atoms with Crippen molar-refractivity contribution in [2.45, 2.75) is 57.2 Å². The second-order valence-corrected chi connectivity index (χ2v) is 8.57. The van der Waals surface area contributed by atoms with Crippen LogP contribution in [0.25, 0.3) is 0 Å². The Labute approximate surface area is 174 Å². The molecule has 0 aliphatic carbocycles. The van der Waals surface area contributed by atoms with Crippen LogP contribution in [0.5, 0.6) is 11.5 Å². The third kappa shape index (κ3) is 5.97. The number of epoxide rings is 2. The van der Waals surface area contributed by atoms with Gasteiger partial charge in [-0.2, -0.15) is 0 Å². The van der Waals surface area contributed by atoms with Gasteiger partial charge in [0.15, 0.2) is 0 Å². The predicted octanol–water partition coefficient (Wildman–Crippen LogP) is 5.13. The van der Waals surface area contributed by atoms with Crippen molar-refractivity contribution in [2.24, 2.45) is 0 Å². The molecule has 2 fully saturated rings. The van der Waals surface area contributed by atoms with Gasteiger partial charge in [0.2, 0.25) is 0 Å². The number of hydrogen-bond donors (Lipinski definition) is 0. The van der Waals surface area contributed by atoms with E-state index in [9.17, 15) is 0 Å². The molecule has 2 saturated heterocycles. The predicted molar refractivity (Wildman–Crippen MR) is 114 cm³/mol. The minimum atomic E-state index is -0.0797. The zero-order chi connectivity index (χ0) is 20.1. The third-order valence-corrected chi connectivity index (χ3v) is 5.84. The van der Waals surface area contributed by atoms with Gasteiger partial charge < -0.3 is 18.9 Å². The van der Waals surface area contributed by atoms with Gasteiger partial charge in [0.25, 0.3) is 0 Å². The molecular formula is C25H32O4. The summed E-state index contributed by atoms with van der Waals surface area (Å²) in [6.45, 7) is 7.85. The average molecular weight is 397 g/mol. The molecule has 29 heavy (non-hydrogen) atoms. The maximum Gasteiger partial charge on any atom is 0.119 e. The molecule has 0 spiro atoms. The SMILES string of the molecule is CC(C)(c1ccc(OCCCC2CO2)cc1)c1ccc(OCCCC2CO2)cc1. The van der Waals surface area contributed by atoms with Gasteiger partial charge in [0.05, 0.1) is 38.6 Å². The van der Waals surface area contributed by atoms with Crippen molar-refractivity contribution in [1.29, 1.82) is 0 Å². The van der Waals surface area contributed by atoms with Crippen LogP contribution < -0.4 is 9.47 Å². The van der Waals surface area contributed by atoms with Gasteiger partial charge in [-0.15, -0.1) is 0 Å². The highest BCUT2D eigenvalue weighted by Crippen LogP contribution is 2.33. The Kier molecular flexibility index (Phi) is 6.41. The molecular weight excluding hydrogens is 364 g/mol. The van der Waals surface area contributed by atoms with Gasteiger partial charge in [-0.1, -0.05) is 38.1 Å². The van der Waals surface area contributed by atoms with Crippen LogP contribution in [-0.2, 0) is 14.9 Å². The molecule has 4 heteroatoms. The van der Waals surface area contributed by atoms with Gasteiger partial charge in [0.1, 0.15) is 11.5 Å².